The Bertz CT molecular complexity index is 1480. The van der Waals surface area contributed by atoms with E-state index in [9.17, 15) is 4.79 Å². The van der Waals surface area contributed by atoms with Crippen LogP contribution < -0.4 is 5.32 Å². The van der Waals surface area contributed by atoms with Crippen molar-refractivity contribution in [2.45, 2.75) is 13.0 Å². The molecule has 0 aliphatic rings. The SMILES string of the molecule is COCCOCCn1cc(NC(=O)c2cccc(Cc3ccc4[nH]ncc4c3)n2)c(-c2ccccn2)n1. The van der Waals surface area contributed by atoms with Crippen molar-refractivity contribution in [2.75, 3.05) is 32.2 Å². The van der Waals surface area contributed by atoms with Gasteiger partial charge in [0.05, 0.1) is 49.5 Å². The second kappa shape index (κ2) is 11.5. The topological polar surface area (TPSA) is 120 Å². The predicted octanol–water partition coefficient (Wildman–Crippen LogP) is 3.72. The van der Waals surface area contributed by atoms with Crippen molar-refractivity contribution in [3.05, 3.63) is 90.1 Å². The van der Waals surface area contributed by atoms with Crippen LogP contribution in [0.4, 0.5) is 5.69 Å². The van der Waals surface area contributed by atoms with Crippen molar-refractivity contribution >= 4 is 22.5 Å². The minimum Gasteiger partial charge on any atom is -0.382 e. The lowest BCUT2D eigenvalue weighted by Gasteiger charge is -2.07. The van der Waals surface area contributed by atoms with Gasteiger partial charge in [-0.05, 0) is 42.0 Å². The second-order valence-corrected chi connectivity index (χ2v) is 8.41. The maximum Gasteiger partial charge on any atom is 0.274 e. The average Bonchev–Trinajstić information content (AvgIpc) is 3.56. The Balaban J connectivity index is 1.32. The van der Waals surface area contributed by atoms with E-state index in [0.717, 1.165) is 22.2 Å². The zero-order valence-corrected chi connectivity index (χ0v) is 20.4. The lowest BCUT2D eigenvalue weighted by atomic mass is 10.1. The number of hydrogen-bond donors (Lipinski definition) is 2. The van der Waals surface area contributed by atoms with E-state index in [0.29, 0.717) is 55.6 Å². The number of pyridine rings is 2. The molecule has 37 heavy (non-hydrogen) atoms. The highest BCUT2D eigenvalue weighted by Crippen LogP contribution is 2.25. The molecule has 0 atom stereocenters. The van der Waals surface area contributed by atoms with Crippen molar-refractivity contribution in [2.24, 2.45) is 0 Å². The fraction of sp³-hybridized carbons (Fsp3) is 0.222. The number of hydrogen-bond acceptors (Lipinski definition) is 7. The van der Waals surface area contributed by atoms with Crippen LogP contribution in [0.15, 0.2) is 73.2 Å². The van der Waals surface area contributed by atoms with E-state index in [4.69, 9.17) is 9.47 Å². The number of fused-ring (bicyclic) bond motifs is 1. The number of carbonyl (C=O) groups is 1. The van der Waals surface area contributed by atoms with E-state index in [1.54, 1.807) is 36.4 Å². The van der Waals surface area contributed by atoms with Gasteiger partial charge in [-0.25, -0.2) is 4.98 Å². The third-order valence-electron chi connectivity index (χ3n) is 5.74. The number of H-pyrrole nitrogens is 1. The fourth-order valence-electron chi connectivity index (χ4n) is 3.92. The molecule has 188 valence electrons. The van der Waals surface area contributed by atoms with Crippen molar-refractivity contribution in [3.8, 4) is 11.4 Å². The Morgan fingerprint density at radius 1 is 1.08 bits per heavy atom. The Kier molecular flexibility index (Phi) is 7.58. The van der Waals surface area contributed by atoms with Crippen LogP contribution >= 0.6 is 0 Å². The smallest absolute Gasteiger partial charge is 0.274 e. The molecule has 0 saturated carbocycles. The summed E-state index contributed by atoms with van der Waals surface area (Å²) in [7, 11) is 1.63. The molecule has 0 unspecified atom stereocenters. The van der Waals surface area contributed by atoms with Crippen LogP contribution in [-0.4, -0.2) is 62.8 Å². The number of rotatable bonds is 11. The minimum atomic E-state index is -0.319. The van der Waals surface area contributed by atoms with E-state index in [1.807, 2.05) is 42.5 Å². The van der Waals surface area contributed by atoms with E-state index in [2.05, 4.69) is 36.6 Å². The number of anilines is 1. The monoisotopic (exact) mass is 497 g/mol. The molecule has 10 heteroatoms. The molecule has 0 radical (unpaired) electrons. The molecule has 4 heterocycles. The van der Waals surface area contributed by atoms with Crippen LogP contribution in [0.3, 0.4) is 0 Å². The van der Waals surface area contributed by atoms with Crippen LogP contribution in [0.25, 0.3) is 22.3 Å². The first-order chi connectivity index (χ1) is 18.2. The second-order valence-electron chi connectivity index (χ2n) is 8.41. The number of ether oxygens (including phenoxy) is 2. The number of aromatic nitrogens is 6. The number of nitrogens with one attached hydrogen (secondary N) is 2. The van der Waals surface area contributed by atoms with Gasteiger partial charge in [0.15, 0.2) is 0 Å². The predicted molar refractivity (Wildman–Crippen MR) is 139 cm³/mol. The van der Waals surface area contributed by atoms with Crippen molar-refractivity contribution < 1.29 is 14.3 Å². The van der Waals surface area contributed by atoms with Crippen LogP contribution in [-0.2, 0) is 22.4 Å². The number of carbonyl (C=O) groups excluding carboxylic acids is 1. The summed E-state index contributed by atoms with van der Waals surface area (Å²) in [6, 6.07) is 17.1. The Labute approximate surface area is 213 Å². The Morgan fingerprint density at radius 3 is 2.89 bits per heavy atom. The normalized spacial score (nSPS) is 11.2. The zero-order valence-electron chi connectivity index (χ0n) is 20.4. The minimum absolute atomic E-state index is 0.319. The molecule has 0 bridgehead atoms. The van der Waals surface area contributed by atoms with Gasteiger partial charge in [0.2, 0.25) is 0 Å². The van der Waals surface area contributed by atoms with Crippen LogP contribution in [0.1, 0.15) is 21.7 Å². The molecule has 0 spiro atoms. The maximum atomic E-state index is 13.2. The lowest BCUT2D eigenvalue weighted by Crippen LogP contribution is -2.15. The summed E-state index contributed by atoms with van der Waals surface area (Å²) in [6.45, 7) is 2.03. The van der Waals surface area contributed by atoms with Gasteiger partial charge < -0.3 is 14.8 Å². The molecule has 1 aromatic carbocycles. The van der Waals surface area contributed by atoms with E-state index >= 15 is 0 Å². The standard InChI is InChI=1S/C27H27N7O3/c1-36-13-14-37-12-11-34-18-25(26(33-34)23-6-2-3-10-28-23)31-27(35)24-7-4-5-21(30-24)16-19-8-9-22-20(15-19)17-29-32-22/h2-10,15,17-18H,11-14,16H2,1H3,(H,29,32)(H,31,35). The summed E-state index contributed by atoms with van der Waals surface area (Å²) >= 11 is 0. The fourth-order valence-corrected chi connectivity index (χ4v) is 3.92. The van der Waals surface area contributed by atoms with Crippen LogP contribution in [0, 0.1) is 0 Å². The van der Waals surface area contributed by atoms with Gasteiger partial charge in [0.25, 0.3) is 5.91 Å². The van der Waals surface area contributed by atoms with Crippen LogP contribution in [0.5, 0.6) is 0 Å². The number of amides is 1. The van der Waals surface area contributed by atoms with Crippen LogP contribution in [0.2, 0.25) is 0 Å². The number of benzene rings is 1. The largest absolute Gasteiger partial charge is 0.382 e. The molecular formula is C27H27N7O3. The summed E-state index contributed by atoms with van der Waals surface area (Å²) in [5, 5.41) is 15.7. The third-order valence-corrected chi connectivity index (χ3v) is 5.74. The van der Waals surface area contributed by atoms with Gasteiger partial charge >= 0.3 is 0 Å². The first kappa shape index (κ1) is 24.3. The quantitative estimate of drug-likeness (QED) is 0.267. The summed E-state index contributed by atoms with van der Waals surface area (Å²) in [5.74, 6) is -0.319. The molecule has 0 fully saturated rings. The molecule has 0 aliphatic carbocycles. The zero-order chi connectivity index (χ0) is 25.5. The Morgan fingerprint density at radius 2 is 2.03 bits per heavy atom. The molecule has 4 aromatic heterocycles. The van der Waals surface area contributed by atoms with E-state index in [-0.39, 0.29) is 5.91 Å². The van der Waals surface area contributed by atoms with Gasteiger partial charge in [0, 0.05) is 37.0 Å². The van der Waals surface area contributed by atoms with Crippen molar-refractivity contribution in [3.63, 3.8) is 0 Å². The highest BCUT2D eigenvalue weighted by Gasteiger charge is 2.17. The van der Waals surface area contributed by atoms with Gasteiger partial charge in [-0.2, -0.15) is 10.2 Å². The van der Waals surface area contributed by atoms with Crippen molar-refractivity contribution in [1.82, 2.24) is 29.9 Å². The van der Waals surface area contributed by atoms with Gasteiger partial charge in [0.1, 0.15) is 11.4 Å². The Hall–Kier alpha value is -4.41. The first-order valence-corrected chi connectivity index (χ1v) is 11.9. The highest BCUT2D eigenvalue weighted by molar-refractivity contribution is 6.04. The third kappa shape index (κ3) is 6.05. The highest BCUT2D eigenvalue weighted by atomic mass is 16.5. The summed E-state index contributed by atoms with van der Waals surface area (Å²) in [5.41, 5.74) is 4.98. The molecule has 5 aromatic rings. The van der Waals surface area contributed by atoms with E-state index < -0.39 is 0 Å². The molecule has 0 saturated heterocycles. The van der Waals surface area contributed by atoms with Crippen molar-refractivity contribution in [1.29, 1.82) is 0 Å². The average molecular weight is 498 g/mol. The summed E-state index contributed by atoms with van der Waals surface area (Å²) < 4.78 is 12.3. The molecule has 10 nitrogen and oxygen atoms in total. The first-order valence-electron chi connectivity index (χ1n) is 11.9. The molecular weight excluding hydrogens is 470 g/mol. The number of methoxy groups -OCH3 is 1. The molecule has 2 N–H and O–H groups in total. The van der Waals surface area contributed by atoms with Gasteiger partial charge in [-0.1, -0.05) is 18.2 Å². The summed E-state index contributed by atoms with van der Waals surface area (Å²) in [6.07, 6.45) is 5.87. The maximum absolute atomic E-state index is 13.2. The number of nitrogens with zero attached hydrogens (tertiary/aromatic N) is 5. The number of aromatic amines is 1. The van der Waals surface area contributed by atoms with Gasteiger partial charge in [-0.3, -0.25) is 19.6 Å². The van der Waals surface area contributed by atoms with Gasteiger partial charge in [-0.15, -0.1) is 0 Å². The molecule has 0 aliphatic heterocycles. The van der Waals surface area contributed by atoms with E-state index in [1.165, 1.54) is 0 Å². The summed E-state index contributed by atoms with van der Waals surface area (Å²) in [4.78, 5) is 22.2. The molecule has 5 rings (SSSR count). The molecule has 1 amide bonds. The lowest BCUT2D eigenvalue weighted by molar-refractivity contribution is 0.0654.